The summed E-state index contributed by atoms with van der Waals surface area (Å²) in [7, 11) is 0. The van der Waals surface area contributed by atoms with Crippen LogP contribution in [0.1, 0.15) is 0 Å². The van der Waals surface area contributed by atoms with E-state index in [9.17, 15) is 8.78 Å². The lowest BCUT2D eigenvalue weighted by Crippen LogP contribution is -2.02. The van der Waals surface area contributed by atoms with E-state index >= 15 is 0 Å². The van der Waals surface area contributed by atoms with Crippen molar-refractivity contribution in [1.29, 1.82) is 0 Å². The first-order valence-electron chi connectivity index (χ1n) is 11.1. The monoisotopic (exact) mass is 548 g/mol. The molecule has 0 aliphatic rings. The predicted molar refractivity (Wildman–Crippen MR) is 139 cm³/mol. The molecule has 6 rings (SSSR count). The molecule has 0 spiro atoms. The first kappa shape index (κ1) is 25.1. The summed E-state index contributed by atoms with van der Waals surface area (Å²) >= 11 is 11.4. The van der Waals surface area contributed by atoms with Crippen LogP contribution in [-0.2, 0) is 0 Å². The van der Waals surface area contributed by atoms with Gasteiger partial charge in [-0.1, -0.05) is 83.9 Å². The Morgan fingerprint density at radius 1 is 0.553 bits per heavy atom. The number of halogens is 4. The average Bonchev–Trinajstić information content (AvgIpc) is 3.64. The number of pyridine rings is 2. The standard InChI is InChI=1S/2C13H8ClFN4/c2*14-10-6-13(16-7-11(10)15)19-17-8-12(18-19)9-4-2-1-3-5-9/h2*1-8H. The van der Waals surface area contributed by atoms with Gasteiger partial charge in [0.1, 0.15) is 11.4 Å². The van der Waals surface area contributed by atoms with Gasteiger partial charge in [-0.3, -0.25) is 0 Å². The zero-order chi connectivity index (χ0) is 26.5. The average molecular weight is 549 g/mol. The molecule has 2 aromatic carbocycles. The quantitative estimate of drug-likeness (QED) is 0.259. The molecule has 0 N–H and O–H groups in total. The van der Waals surface area contributed by atoms with Gasteiger partial charge >= 0.3 is 0 Å². The highest BCUT2D eigenvalue weighted by atomic mass is 35.5. The summed E-state index contributed by atoms with van der Waals surface area (Å²) in [5.41, 5.74) is 3.31. The number of rotatable bonds is 4. The van der Waals surface area contributed by atoms with Gasteiger partial charge in [0, 0.05) is 23.3 Å². The molecule has 0 saturated heterocycles. The number of benzene rings is 2. The Labute approximate surface area is 225 Å². The predicted octanol–water partition coefficient (Wildman–Crippen LogP) is 6.24. The Hall–Kier alpha value is -4.54. The molecule has 4 heterocycles. The Morgan fingerprint density at radius 2 is 0.947 bits per heavy atom. The molecule has 0 bridgehead atoms. The summed E-state index contributed by atoms with van der Waals surface area (Å²) in [6.45, 7) is 0. The minimum atomic E-state index is -0.569. The summed E-state index contributed by atoms with van der Waals surface area (Å²) in [6.07, 6.45) is 5.33. The molecule has 0 atom stereocenters. The van der Waals surface area contributed by atoms with Crippen LogP contribution >= 0.6 is 23.2 Å². The Kier molecular flexibility index (Phi) is 7.43. The number of hydrogen-bond donors (Lipinski definition) is 0. The van der Waals surface area contributed by atoms with Crippen molar-refractivity contribution in [2.75, 3.05) is 0 Å². The second-order valence-electron chi connectivity index (χ2n) is 7.68. The van der Waals surface area contributed by atoms with Crippen molar-refractivity contribution in [3.05, 3.63) is 119 Å². The van der Waals surface area contributed by atoms with Crippen molar-refractivity contribution in [2.24, 2.45) is 0 Å². The fourth-order valence-electron chi connectivity index (χ4n) is 3.26. The second-order valence-corrected chi connectivity index (χ2v) is 8.50. The minimum Gasteiger partial charge on any atom is -0.232 e. The first-order valence-corrected chi connectivity index (χ1v) is 11.8. The Bertz CT molecular complexity index is 1550. The molecule has 188 valence electrons. The lowest BCUT2D eigenvalue weighted by molar-refractivity contribution is 0.616. The van der Waals surface area contributed by atoms with Crippen LogP contribution in [0, 0.1) is 11.6 Å². The molecule has 0 aliphatic heterocycles. The molecule has 4 aromatic heterocycles. The molecule has 6 aromatic rings. The van der Waals surface area contributed by atoms with Gasteiger partial charge in [0.15, 0.2) is 23.3 Å². The van der Waals surface area contributed by atoms with Gasteiger partial charge in [0.2, 0.25) is 0 Å². The summed E-state index contributed by atoms with van der Waals surface area (Å²) in [6, 6.07) is 22.0. The molecule has 38 heavy (non-hydrogen) atoms. The highest BCUT2D eigenvalue weighted by molar-refractivity contribution is 6.31. The van der Waals surface area contributed by atoms with Crippen LogP contribution in [0.2, 0.25) is 10.0 Å². The third-order valence-electron chi connectivity index (χ3n) is 5.12. The molecule has 12 heteroatoms. The highest BCUT2D eigenvalue weighted by Gasteiger charge is 2.10. The summed E-state index contributed by atoms with van der Waals surface area (Å²) < 4.78 is 26.1. The molecule has 0 fully saturated rings. The highest BCUT2D eigenvalue weighted by Crippen LogP contribution is 2.20. The first-order chi connectivity index (χ1) is 18.5. The van der Waals surface area contributed by atoms with Crippen LogP contribution in [-0.4, -0.2) is 40.0 Å². The summed E-state index contributed by atoms with van der Waals surface area (Å²) in [5.74, 6) is -0.399. The smallest absolute Gasteiger partial charge is 0.175 e. The molecular weight excluding hydrogens is 533 g/mol. The van der Waals surface area contributed by atoms with E-state index in [1.54, 1.807) is 12.4 Å². The molecule has 0 amide bonds. The van der Waals surface area contributed by atoms with Crippen molar-refractivity contribution in [2.45, 2.75) is 0 Å². The SMILES string of the molecule is Fc1cnc(-n2ncc(-c3ccccc3)n2)cc1Cl.Fc1cnc(-n2ncc(-c3ccccc3)n2)cc1Cl. The van der Waals surface area contributed by atoms with Crippen LogP contribution < -0.4 is 0 Å². The third-order valence-corrected chi connectivity index (χ3v) is 5.70. The Balaban J connectivity index is 0.000000155. The van der Waals surface area contributed by atoms with Crippen LogP contribution in [0.5, 0.6) is 0 Å². The van der Waals surface area contributed by atoms with E-state index in [0.29, 0.717) is 23.0 Å². The number of hydrogen-bond acceptors (Lipinski definition) is 6. The lowest BCUT2D eigenvalue weighted by Gasteiger charge is -1.99. The molecule has 8 nitrogen and oxygen atoms in total. The molecular formula is C26H16Cl2F2N8. The van der Waals surface area contributed by atoms with Crippen LogP contribution in [0.3, 0.4) is 0 Å². The molecule has 0 saturated carbocycles. The van der Waals surface area contributed by atoms with Gasteiger partial charge in [-0.2, -0.15) is 10.2 Å². The van der Waals surface area contributed by atoms with Crippen molar-refractivity contribution in [3.63, 3.8) is 0 Å². The van der Waals surface area contributed by atoms with Crippen LogP contribution in [0.25, 0.3) is 34.2 Å². The van der Waals surface area contributed by atoms with Crippen LogP contribution in [0.4, 0.5) is 8.78 Å². The van der Waals surface area contributed by atoms with Gasteiger partial charge in [0.05, 0.1) is 34.8 Å². The molecule has 0 unspecified atom stereocenters. The van der Waals surface area contributed by atoms with E-state index in [0.717, 1.165) is 23.5 Å². The zero-order valence-corrected chi connectivity index (χ0v) is 20.8. The number of nitrogens with zero attached hydrogens (tertiary/aromatic N) is 8. The zero-order valence-electron chi connectivity index (χ0n) is 19.3. The maximum atomic E-state index is 13.0. The van der Waals surface area contributed by atoms with Crippen LogP contribution in [0.15, 0.2) is 97.6 Å². The summed E-state index contributed by atoms with van der Waals surface area (Å²) in [4.78, 5) is 10.4. The molecule has 0 aliphatic carbocycles. The lowest BCUT2D eigenvalue weighted by atomic mass is 10.2. The van der Waals surface area contributed by atoms with Crippen molar-refractivity contribution < 1.29 is 8.78 Å². The van der Waals surface area contributed by atoms with E-state index in [4.69, 9.17) is 23.2 Å². The fourth-order valence-corrected chi connectivity index (χ4v) is 3.55. The van der Waals surface area contributed by atoms with E-state index in [1.807, 2.05) is 60.7 Å². The van der Waals surface area contributed by atoms with E-state index < -0.39 is 11.6 Å². The normalized spacial score (nSPS) is 10.6. The topological polar surface area (TPSA) is 87.2 Å². The van der Waals surface area contributed by atoms with Gasteiger partial charge in [0.25, 0.3) is 0 Å². The third kappa shape index (κ3) is 5.72. The maximum absolute atomic E-state index is 13.0. The second kappa shape index (κ2) is 11.2. The van der Waals surface area contributed by atoms with Gasteiger partial charge in [-0.15, -0.1) is 19.8 Å². The largest absolute Gasteiger partial charge is 0.232 e. The van der Waals surface area contributed by atoms with Gasteiger partial charge < -0.3 is 0 Å². The number of aromatic nitrogens is 8. The minimum absolute atomic E-state index is 0.0106. The van der Waals surface area contributed by atoms with Gasteiger partial charge in [-0.05, 0) is 0 Å². The van der Waals surface area contributed by atoms with Crippen molar-refractivity contribution in [1.82, 2.24) is 40.0 Å². The van der Waals surface area contributed by atoms with E-state index in [-0.39, 0.29) is 10.0 Å². The Morgan fingerprint density at radius 3 is 1.32 bits per heavy atom. The fraction of sp³-hybridized carbons (Fsp3) is 0. The summed E-state index contributed by atoms with van der Waals surface area (Å²) in [5, 5.41) is 16.7. The van der Waals surface area contributed by atoms with Gasteiger partial charge in [-0.25, -0.2) is 18.7 Å². The molecule has 0 radical (unpaired) electrons. The van der Waals surface area contributed by atoms with Crippen molar-refractivity contribution >= 4 is 23.2 Å². The van der Waals surface area contributed by atoms with E-state index in [1.165, 1.54) is 21.7 Å². The van der Waals surface area contributed by atoms with Crippen molar-refractivity contribution in [3.8, 4) is 34.2 Å². The van der Waals surface area contributed by atoms with E-state index in [2.05, 4.69) is 30.4 Å². The maximum Gasteiger partial charge on any atom is 0.175 e.